The molecular weight excluding hydrogens is 398 g/mol. The van der Waals surface area contributed by atoms with E-state index in [-0.39, 0.29) is 18.5 Å². The molecule has 1 atom stereocenters. The van der Waals surface area contributed by atoms with Crippen LogP contribution in [0.3, 0.4) is 0 Å². The van der Waals surface area contributed by atoms with E-state index < -0.39 is 34.6 Å². The van der Waals surface area contributed by atoms with Crippen molar-refractivity contribution in [2.75, 3.05) is 38.9 Å². The van der Waals surface area contributed by atoms with Crippen molar-refractivity contribution in [1.29, 1.82) is 0 Å². The summed E-state index contributed by atoms with van der Waals surface area (Å²) in [6.07, 6.45) is 2.57. The number of methoxy groups -OCH3 is 1. The minimum atomic E-state index is -1.16. The molecule has 2 fully saturated rings. The first-order valence-electron chi connectivity index (χ1n) is 9.79. The molecule has 1 N–H and O–H groups in total. The van der Waals surface area contributed by atoms with Gasteiger partial charge in [0.15, 0.2) is 5.69 Å². The zero-order valence-electron chi connectivity index (χ0n) is 16.5. The number of ether oxygens (including phenoxy) is 4. The Morgan fingerprint density at radius 3 is 2.80 bits per heavy atom. The van der Waals surface area contributed by atoms with Gasteiger partial charge in [0.05, 0.1) is 20.3 Å². The van der Waals surface area contributed by atoms with Gasteiger partial charge in [-0.3, -0.25) is 19.1 Å². The molecule has 4 rings (SSSR count). The van der Waals surface area contributed by atoms with Gasteiger partial charge < -0.3 is 29.3 Å². The van der Waals surface area contributed by atoms with E-state index >= 15 is 0 Å². The second-order valence-corrected chi connectivity index (χ2v) is 7.57. The smallest absolute Gasteiger partial charge is 0.468 e. The van der Waals surface area contributed by atoms with E-state index in [1.165, 1.54) is 28.9 Å². The van der Waals surface area contributed by atoms with E-state index in [4.69, 9.17) is 18.9 Å². The molecule has 0 aromatic carbocycles. The number of hydrogen-bond acceptors (Lipinski definition) is 9. The highest BCUT2D eigenvalue weighted by Gasteiger charge is 2.44. The zero-order valence-corrected chi connectivity index (χ0v) is 16.5. The van der Waals surface area contributed by atoms with Crippen LogP contribution in [0.2, 0.25) is 0 Å². The summed E-state index contributed by atoms with van der Waals surface area (Å²) in [4.78, 5) is 51.3. The van der Waals surface area contributed by atoms with Crippen LogP contribution in [0.25, 0.3) is 0 Å². The van der Waals surface area contributed by atoms with E-state index in [1.54, 1.807) is 0 Å². The molecule has 11 nitrogen and oxygen atoms in total. The second kappa shape index (κ2) is 7.98. The van der Waals surface area contributed by atoms with E-state index in [0.29, 0.717) is 32.6 Å². The normalized spacial score (nSPS) is 21.8. The average molecular weight is 421 g/mol. The van der Waals surface area contributed by atoms with Crippen molar-refractivity contribution in [3.8, 4) is 5.75 Å². The van der Waals surface area contributed by atoms with Crippen LogP contribution >= 0.6 is 0 Å². The van der Waals surface area contributed by atoms with Gasteiger partial charge in [-0.25, -0.2) is 4.79 Å². The summed E-state index contributed by atoms with van der Waals surface area (Å²) in [6.45, 7) is 0.789. The van der Waals surface area contributed by atoms with Crippen LogP contribution in [0.5, 0.6) is 5.75 Å². The molecule has 1 unspecified atom stereocenters. The molecule has 0 radical (unpaired) electrons. The number of pyridine rings is 1. The van der Waals surface area contributed by atoms with E-state index in [0.717, 1.165) is 12.8 Å². The van der Waals surface area contributed by atoms with Crippen molar-refractivity contribution in [2.24, 2.45) is 5.41 Å². The predicted molar refractivity (Wildman–Crippen MR) is 101 cm³/mol. The zero-order chi connectivity index (χ0) is 21.3. The first kappa shape index (κ1) is 20.2. The fourth-order valence-corrected chi connectivity index (χ4v) is 4.16. The lowest BCUT2D eigenvalue weighted by Gasteiger charge is -2.41. The molecule has 30 heavy (non-hydrogen) atoms. The number of fused-ring (bicyclic) bond motifs is 2. The molecule has 162 valence electrons. The topological polar surface area (TPSA) is 125 Å². The standard InChI is InChI=1S/C19H23N3O8/c1-27-17(25)19(5-2-3-6-19)11-29-18(26)30-15-12(23)4-7-22-14(15)16(24)21-8-9-28-10-13(21)20-22/h4,7,13,20H,2-3,5-6,8-11H2,1H3. The third-order valence-corrected chi connectivity index (χ3v) is 5.77. The van der Waals surface area contributed by atoms with Gasteiger partial charge in [0.25, 0.3) is 5.91 Å². The lowest BCUT2D eigenvalue weighted by atomic mass is 9.87. The van der Waals surface area contributed by atoms with Crippen LogP contribution < -0.4 is 15.6 Å². The maximum Gasteiger partial charge on any atom is 0.514 e. The number of nitrogens with one attached hydrogen (secondary N) is 1. The summed E-state index contributed by atoms with van der Waals surface area (Å²) in [5, 5.41) is 0. The largest absolute Gasteiger partial charge is 0.514 e. The molecule has 1 saturated carbocycles. The average Bonchev–Trinajstić information content (AvgIpc) is 3.24. The molecule has 3 heterocycles. The number of rotatable bonds is 4. The minimum Gasteiger partial charge on any atom is -0.468 e. The van der Waals surface area contributed by atoms with Crippen molar-refractivity contribution < 1.29 is 33.3 Å². The van der Waals surface area contributed by atoms with Gasteiger partial charge in [0.1, 0.15) is 18.2 Å². The minimum absolute atomic E-state index is 0.0962. The first-order valence-corrected chi connectivity index (χ1v) is 9.79. The Balaban J connectivity index is 1.52. The SMILES string of the molecule is COC(=O)C1(COC(=O)Oc2c3n(ccc2=O)NC2COCCN2C3=O)CCCC1. The van der Waals surface area contributed by atoms with Crippen LogP contribution in [0.15, 0.2) is 17.1 Å². The molecular formula is C19H23N3O8. The van der Waals surface area contributed by atoms with Crippen LogP contribution in [-0.2, 0) is 19.0 Å². The number of hydrogen-bond donors (Lipinski definition) is 1. The summed E-state index contributed by atoms with van der Waals surface area (Å²) >= 11 is 0. The number of carbonyl (C=O) groups excluding carboxylic acids is 3. The van der Waals surface area contributed by atoms with Gasteiger partial charge in [-0.15, -0.1) is 0 Å². The number of carbonyl (C=O) groups is 3. The van der Waals surface area contributed by atoms with Gasteiger partial charge in [-0.05, 0) is 12.8 Å². The maximum absolute atomic E-state index is 12.9. The van der Waals surface area contributed by atoms with Gasteiger partial charge in [-0.1, -0.05) is 12.8 Å². The lowest BCUT2D eigenvalue weighted by Crippen LogP contribution is -2.59. The second-order valence-electron chi connectivity index (χ2n) is 7.57. The highest BCUT2D eigenvalue weighted by atomic mass is 16.7. The van der Waals surface area contributed by atoms with Crippen molar-refractivity contribution in [1.82, 2.24) is 9.58 Å². The van der Waals surface area contributed by atoms with Crippen molar-refractivity contribution >= 4 is 18.0 Å². The molecule has 0 bridgehead atoms. The molecule has 1 aromatic heterocycles. The highest BCUT2D eigenvalue weighted by Crippen LogP contribution is 2.39. The molecule has 0 spiro atoms. The van der Waals surface area contributed by atoms with Crippen LogP contribution in [-0.4, -0.2) is 67.2 Å². The quantitative estimate of drug-likeness (QED) is 0.690. The Morgan fingerprint density at radius 2 is 2.07 bits per heavy atom. The van der Waals surface area contributed by atoms with E-state index in [2.05, 4.69) is 5.43 Å². The number of morpholine rings is 1. The highest BCUT2D eigenvalue weighted by molar-refractivity contribution is 5.97. The number of aromatic nitrogens is 1. The van der Waals surface area contributed by atoms with Crippen molar-refractivity contribution in [3.05, 3.63) is 28.2 Å². The maximum atomic E-state index is 12.9. The van der Waals surface area contributed by atoms with Crippen LogP contribution in [0, 0.1) is 5.41 Å². The van der Waals surface area contributed by atoms with Gasteiger partial charge in [-0.2, -0.15) is 0 Å². The Bertz CT molecular complexity index is 921. The summed E-state index contributed by atoms with van der Waals surface area (Å²) in [5.41, 5.74) is 1.40. The number of nitrogens with zero attached hydrogens (tertiary/aromatic N) is 2. The molecule has 2 aliphatic heterocycles. The molecule has 1 amide bonds. The Kier molecular flexibility index (Phi) is 5.37. The Morgan fingerprint density at radius 1 is 1.30 bits per heavy atom. The third-order valence-electron chi connectivity index (χ3n) is 5.77. The molecule has 11 heteroatoms. The fourth-order valence-electron chi connectivity index (χ4n) is 4.16. The summed E-state index contributed by atoms with van der Waals surface area (Å²) in [7, 11) is 1.29. The summed E-state index contributed by atoms with van der Waals surface area (Å²) in [5.74, 6) is -1.32. The first-order chi connectivity index (χ1) is 14.4. The van der Waals surface area contributed by atoms with E-state index in [1.807, 2.05) is 0 Å². The predicted octanol–water partition coefficient (Wildman–Crippen LogP) is 0.453. The summed E-state index contributed by atoms with van der Waals surface area (Å²) in [6, 6.07) is 1.18. The van der Waals surface area contributed by atoms with Crippen LogP contribution in [0.1, 0.15) is 36.2 Å². The number of esters is 1. The molecule has 3 aliphatic rings. The van der Waals surface area contributed by atoms with Crippen molar-refractivity contribution in [2.45, 2.75) is 31.8 Å². The van der Waals surface area contributed by atoms with Gasteiger partial charge in [0, 0.05) is 18.8 Å². The molecule has 1 saturated heterocycles. The molecule has 1 aromatic rings. The summed E-state index contributed by atoms with van der Waals surface area (Å²) < 4.78 is 21.9. The fraction of sp³-hybridized carbons (Fsp3) is 0.579. The van der Waals surface area contributed by atoms with Gasteiger partial charge >= 0.3 is 12.1 Å². The van der Waals surface area contributed by atoms with Gasteiger partial charge in [0.2, 0.25) is 11.2 Å². The van der Waals surface area contributed by atoms with Crippen LogP contribution in [0.4, 0.5) is 4.79 Å². The van der Waals surface area contributed by atoms with Crippen molar-refractivity contribution in [3.63, 3.8) is 0 Å². The Hall–Kier alpha value is -3.08. The third kappa shape index (κ3) is 3.49. The monoisotopic (exact) mass is 421 g/mol. The number of amides is 1. The lowest BCUT2D eigenvalue weighted by molar-refractivity contribution is -0.155. The Labute approximate surface area is 171 Å². The van der Waals surface area contributed by atoms with E-state index in [9.17, 15) is 19.2 Å². The molecule has 1 aliphatic carbocycles.